The van der Waals surface area contributed by atoms with Crippen molar-refractivity contribution in [2.45, 2.75) is 10.9 Å². The molecule has 3 aromatic rings. The minimum Gasteiger partial charge on any atom is -0.298 e. The van der Waals surface area contributed by atoms with Crippen molar-refractivity contribution in [2.75, 3.05) is 0 Å². The number of thioether (sulfide) groups is 1. The highest BCUT2D eigenvalue weighted by atomic mass is 32.2. The van der Waals surface area contributed by atoms with E-state index in [-0.39, 0.29) is 17.1 Å². The van der Waals surface area contributed by atoms with E-state index in [1.165, 1.54) is 17.8 Å². The minimum atomic E-state index is -0.308. The molecule has 22 heavy (non-hydrogen) atoms. The van der Waals surface area contributed by atoms with Crippen LogP contribution in [0.5, 0.6) is 0 Å². The van der Waals surface area contributed by atoms with E-state index in [0.717, 1.165) is 0 Å². The molecule has 110 valence electrons. The maximum atomic E-state index is 13.5. The van der Waals surface area contributed by atoms with E-state index in [9.17, 15) is 9.18 Å². The van der Waals surface area contributed by atoms with Gasteiger partial charge in [-0.3, -0.25) is 9.78 Å². The van der Waals surface area contributed by atoms with E-state index in [2.05, 4.69) is 15.2 Å². The van der Waals surface area contributed by atoms with Crippen LogP contribution in [0.3, 0.4) is 0 Å². The normalized spacial score (nSPS) is 10.6. The third-order valence-corrected chi connectivity index (χ3v) is 3.96. The lowest BCUT2D eigenvalue weighted by Gasteiger charge is -2.03. The molecule has 0 bridgehead atoms. The topological polar surface area (TPSA) is 58.6 Å². The predicted octanol–water partition coefficient (Wildman–Crippen LogP) is 3.26. The zero-order valence-corrected chi connectivity index (χ0v) is 12.3. The molecule has 0 spiro atoms. The highest BCUT2D eigenvalue weighted by Crippen LogP contribution is 2.20. The number of rotatable bonds is 4. The maximum Gasteiger partial charge on any atom is 0.278 e. The number of aromatic nitrogens is 3. The Morgan fingerprint density at radius 2 is 1.73 bits per heavy atom. The third-order valence-electron chi connectivity index (χ3n) is 3.05. The van der Waals surface area contributed by atoms with Gasteiger partial charge in [0.15, 0.2) is 10.9 Å². The first-order valence-corrected chi connectivity index (χ1v) is 7.61. The fourth-order valence-corrected chi connectivity index (χ4v) is 2.72. The number of H-pyrrole nitrogens is 1. The lowest BCUT2D eigenvalue weighted by molar-refractivity contribution is 0.617. The summed E-state index contributed by atoms with van der Waals surface area (Å²) in [5.74, 6) is 0.105. The molecule has 6 heteroatoms. The molecule has 0 saturated heterocycles. The van der Waals surface area contributed by atoms with Gasteiger partial charge in [0, 0.05) is 11.3 Å². The van der Waals surface area contributed by atoms with Crippen molar-refractivity contribution in [3.8, 4) is 11.3 Å². The number of halogens is 1. The lowest BCUT2D eigenvalue weighted by Crippen LogP contribution is -2.14. The summed E-state index contributed by atoms with van der Waals surface area (Å²) in [5.41, 5.74) is 1.23. The molecule has 0 amide bonds. The summed E-state index contributed by atoms with van der Waals surface area (Å²) in [5, 5.41) is 8.34. The van der Waals surface area contributed by atoms with E-state index in [4.69, 9.17) is 0 Å². The average Bonchev–Trinajstić information content (AvgIpc) is 2.55. The summed E-state index contributed by atoms with van der Waals surface area (Å²) in [4.78, 5) is 14.7. The van der Waals surface area contributed by atoms with Gasteiger partial charge in [-0.1, -0.05) is 60.3 Å². The first-order chi connectivity index (χ1) is 10.7. The van der Waals surface area contributed by atoms with Crippen molar-refractivity contribution < 1.29 is 4.39 Å². The summed E-state index contributed by atoms with van der Waals surface area (Å²) < 4.78 is 13.5. The number of hydrogen-bond donors (Lipinski definition) is 1. The Bertz CT molecular complexity index is 836. The van der Waals surface area contributed by atoms with Crippen molar-refractivity contribution in [1.29, 1.82) is 0 Å². The van der Waals surface area contributed by atoms with Gasteiger partial charge < -0.3 is 0 Å². The second kappa shape index (κ2) is 6.53. The Hall–Kier alpha value is -2.47. The van der Waals surface area contributed by atoms with E-state index < -0.39 is 0 Å². The fraction of sp³-hybridized carbons (Fsp3) is 0.0625. The van der Waals surface area contributed by atoms with E-state index in [0.29, 0.717) is 22.0 Å². The fourth-order valence-electron chi connectivity index (χ4n) is 1.93. The molecule has 1 N–H and O–H groups in total. The molecule has 0 atom stereocenters. The Kier molecular flexibility index (Phi) is 4.29. The highest BCUT2D eigenvalue weighted by molar-refractivity contribution is 7.98. The number of hydrogen-bond acceptors (Lipinski definition) is 4. The maximum absolute atomic E-state index is 13.5. The Labute approximate surface area is 130 Å². The van der Waals surface area contributed by atoms with E-state index in [1.54, 1.807) is 30.3 Å². The molecule has 4 nitrogen and oxygen atoms in total. The number of nitrogens with one attached hydrogen (secondary N) is 1. The molecule has 0 aliphatic rings. The Balaban J connectivity index is 1.78. The van der Waals surface area contributed by atoms with Gasteiger partial charge in [0.1, 0.15) is 5.82 Å². The first-order valence-electron chi connectivity index (χ1n) is 6.62. The van der Waals surface area contributed by atoms with Gasteiger partial charge >= 0.3 is 0 Å². The molecule has 0 fully saturated rings. The predicted molar refractivity (Wildman–Crippen MR) is 84.0 cm³/mol. The van der Waals surface area contributed by atoms with Gasteiger partial charge in [-0.2, -0.15) is 0 Å². The molecule has 0 unspecified atom stereocenters. The average molecular weight is 313 g/mol. The lowest BCUT2D eigenvalue weighted by atomic mass is 10.2. The highest BCUT2D eigenvalue weighted by Gasteiger charge is 2.08. The van der Waals surface area contributed by atoms with Gasteiger partial charge in [-0.05, 0) is 11.6 Å². The molecule has 3 rings (SSSR count). The number of benzene rings is 2. The molecule has 0 aliphatic heterocycles. The second-order valence-corrected chi connectivity index (χ2v) is 5.52. The molecular formula is C16H12FN3OS. The van der Waals surface area contributed by atoms with Crippen LogP contribution in [0.15, 0.2) is 64.5 Å². The van der Waals surface area contributed by atoms with Crippen LogP contribution in [0.4, 0.5) is 4.39 Å². The molecule has 1 aromatic heterocycles. The number of aromatic amines is 1. The summed E-state index contributed by atoms with van der Waals surface area (Å²) in [7, 11) is 0. The summed E-state index contributed by atoms with van der Waals surface area (Å²) >= 11 is 1.24. The van der Waals surface area contributed by atoms with Gasteiger partial charge in [-0.25, -0.2) is 4.39 Å². The monoisotopic (exact) mass is 313 g/mol. The standard InChI is InChI=1S/C16H12FN3OS/c17-13-9-5-4-8-12(13)10-22-16-18-15(21)14(19-20-16)11-6-2-1-3-7-11/h1-9H,10H2,(H,18,20,21). The molecule has 0 radical (unpaired) electrons. The van der Waals surface area contributed by atoms with Gasteiger partial charge in [0.2, 0.25) is 0 Å². The zero-order valence-electron chi connectivity index (χ0n) is 11.5. The molecule has 1 heterocycles. The van der Waals surface area contributed by atoms with E-state index >= 15 is 0 Å². The van der Waals surface area contributed by atoms with Crippen LogP contribution in [0.1, 0.15) is 5.56 Å². The van der Waals surface area contributed by atoms with Crippen molar-refractivity contribution in [1.82, 2.24) is 15.2 Å². The summed E-state index contributed by atoms with van der Waals surface area (Å²) in [6, 6.07) is 15.6. The van der Waals surface area contributed by atoms with Gasteiger partial charge in [0.25, 0.3) is 5.56 Å². The van der Waals surface area contributed by atoms with Crippen LogP contribution in [0.2, 0.25) is 0 Å². The molecule has 0 aliphatic carbocycles. The molecular weight excluding hydrogens is 301 g/mol. The summed E-state index contributed by atoms with van der Waals surface area (Å²) in [6.07, 6.45) is 0. The van der Waals surface area contributed by atoms with E-state index in [1.807, 2.05) is 18.2 Å². The van der Waals surface area contributed by atoms with Gasteiger partial charge in [-0.15, -0.1) is 10.2 Å². The minimum absolute atomic E-state index is 0.272. The van der Waals surface area contributed by atoms with Crippen LogP contribution < -0.4 is 5.56 Å². The van der Waals surface area contributed by atoms with Crippen molar-refractivity contribution in [3.05, 3.63) is 76.3 Å². The Morgan fingerprint density at radius 1 is 1.00 bits per heavy atom. The van der Waals surface area contributed by atoms with Crippen molar-refractivity contribution in [3.63, 3.8) is 0 Å². The SMILES string of the molecule is O=c1[nH]c(SCc2ccccc2F)nnc1-c1ccccc1. The van der Waals surface area contributed by atoms with Crippen LogP contribution >= 0.6 is 11.8 Å². The molecule has 0 saturated carbocycles. The summed E-state index contributed by atoms with van der Waals surface area (Å²) in [6.45, 7) is 0. The molecule has 2 aromatic carbocycles. The zero-order chi connectivity index (χ0) is 15.4. The quantitative estimate of drug-likeness (QED) is 0.751. The smallest absolute Gasteiger partial charge is 0.278 e. The third kappa shape index (κ3) is 3.23. The van der Waals surface area contributed by atoms with Gasteiger partial charge in [0.05, 0.1) is 0 Å². The van der Waals surface area contributed by atoms with Crippen LogP contribution in [-0.4, -0.2) is 15.2 Å². The van der Waals surface area contributed by atoms with Crippen LogP contribution in [0.25, 0.3) is 11.3 Å². The van der Waals surface area contributed by atoms with Crippen molar-refractivity contribution in [2.24, 2.45) is 0 Å². The van der Waals surface area contributed by atoms with Crippen molar-refractivity contribution >= 4 is 11.8 Å². The van der Waals surface area contributed by atoms with Crippen LogP contribution in [-0.2, 0) is 5.75 Å². The second-order valence-electron chi connectivity index (χ2n) is 4.55. The Morgan fingerprint density at radius 3 is 2.45 bits per heavy atom. The first kappa shape index (κ1) is 14.5. The largest absolute Gasteiger partial charge is 0.298 e. The number of nitrogens with zero attached hydrogens (tertiary/aromatic N) is 2. The van der Waals surface area contributed by atoms with Crippen LogP contribution in [0, 0.1) is 5.82 Å².